The van der Waals surface area contributed by atoms with Crippen molar-refractivity contribution >= 4 is 23.7 Å². The Hall–Kier alpha value is -2.28. The van der Waals surface area contributed by atoms with Gasteiger partial charge in [-0.25, -0.2) is 0 Å². The summed E-state index contributed by atoms with van der Waals surface area (Å²) in [6, 6.07) is 6.02. The SMILES string of the molecule is CSc1nnc(CCCNC(=O)/C=C/c2ccc3c(c2)CCO3)n1CC(C)C. The number of amides is 1. The number of hydrogen-bond acceptors (Lipinski definition) is 5. The largest absolute Gasteiger partial charge is 0.493 e. The van der Waals surface area contributed by atoms with Gasteiger partial charge in [-0.3, -0.25) is 4.79 Å². The summed E-state index contributed by atoms with van der Waals surface area (Å²) in [5.41, 5.74) is 2.23. The van der Waals surface area contributed by atoms with Gasteiger partial charge in [0.2, 0.25) is 5.91 Å². The number of hydrogen-bond donors (Lipinski definition) is 1. The highest BCUT2D eigenvalue weighted by molar-refractivity contribution is 7.98. The second-order valence-corrected chi connectivity index (χ2v) is 8.07. The first kappa shape index (κ1) is 20.5. The number of thioether (sulfide) groups is 1. The lowest BCUT2D eigenvalue weighted by Crippen LogP contribution is -2.23. The van der Waals surface area contributed by atoms with E-state index < -0.39 is 0 Å². The summed E-state index contributed by atoms with van der Waals surface area (Å²) in [5.74, 6) is 2.40. The molecule has 3 rings (SSSR count). The molecule has 6 nitrogen and oxygen atoms in total. The number of nitrogens with zero attached hydrogens (tertiary/aromatic N) is 3. The molecule has 1 N–H and O–H groups in total. The molecule has 0 atom stereocenters. The molecule has 0 saturated carbocycles. The van der Waals surface area contributed by atoms with Crippen LogP contribution in [-0.2, 0) is 24.2 Å². The highest BCUT2D eigenvalue weighted by Gasteiger charge is 2.13. The smallest absolute Gasteiger partial charge is 0.243 e. The third-order valence-corrected chi connectivity index (χ3v) is 5.21. The van der Waals surface area contributed by atoms with E-state index in [2.05, 4.69) is 40.0 Å². The molecule has 2 heterocycles. The predicted molar refractivity (Wildman–Crippen MR) is 113 cm³/mol. The molecular weight excluding hydrogens is 372 g/mol. The Kier molecular flexibility index (Phi) is 7.14. The number of aryl methyl sites for hydroxylation is 1. The van der Waals surface area contributed by atoms with Gasteiger partial charge in [0, 0.05) is 32.0 Å². The molecule has 0 aliphatic carbocycles. The highest BCUT2D eigenvalue weighted by Crippen LogP contribution is 2.26. The number of rotatable bonds is 9. The molecule has 7 heteroatoms. The van der Waals surface area contributed by atoms with Crippen molar-refractivity contribution in [2.75, 3.05) is 19.4 Å². The van der Waals surface area contributed by atoms with E-state index in [0.717, 1.165) is 54.7 Å². The van der Waals surface area contributed by atoms with Gasteiger partial charge in [0.25, 0.3) is 0 Å². The maximum atomic E-state index is 12.1. The van der Waals surface area contributed by atoms with E-state index in [0.29, 0.717) is 12.5 Å². The van der Waals surface area contributed by atoms with Crippen LogP contribution < -0.4 is 10.1 Å². The average molecular weight is 401 g/mol. The number of nitrogens with one attached hydrogen (secondary N) is 1. The normalized spacial score (nSPS) is 13.1. The van der Waals surface area contributed by atoms with Gasteiger partial charge in [-0.1, -0.05) is 31.7 Å². The quantitative estimate of drug-likeness (QED) is 0.397. The van der Waals surface area contributed by atoms with Crippen LogP contribution in [0.15, 0.2) is 29.4 Å². The van der Waals surface area contributed by atoms with Crippen LogP contribution in [0, 0.1) is 5.92 Å². The Balaban J connectivity index is 1.45. The molecule has 0 unspecified atom stereocenters. The van der Waals surface area contributed by atoms with Crippen molar-refractivity contribution in [3.63, 3.8) is 0 Å². The first-order valence-electron chi connectivity index (χ1n) is 9.74. The zero-order chi connectivity index (χ0) is 19.9. The maximum absolute atomic E-state index is 12.1. The molecule has 0 fully saturated rings. The van der Waals surface area contributed by atoms with E-state index in [1.165, 1.54) is 5.56 Å². The van der Waals surface area contributed by atoms with Crippen molar-refractivity contribution in [2.24, 2.45) is 5.92 Å². The van der Waals surface area contributed by atoms with Gasteiger partial charge in [0.1, 0.15) is 11.6 Å². The fourth-order valence-electron chi connectivity index (χ4n) is 3.20. The molecule has 0 radical (unpaired) electrons. The molecule has 0 bridgehead atoms. The molecule has 0 saturated heterocycles. The van der Waals surface area contributed by atoms with Gasteiger partial charge in [0.15, 0.2) is 5.16 Å². The molecule has 1 aromatic carbocycles. The molecule has 1 amide bonds. The fourth-order valence-corrected chi connectivity index (χ4v) is 3.73. The molecule has 1 aliphatic rings. The van der Waals surface area contributed by atoms with E-state index >= 15 is 0 Å². The summed E-state index contributed by atoms with van der Waals surface area (Å²) < 4.78 is 7.69. The lowest BCUT2D eigenvalue weighted by Gasteiger charge is -2.11. The van der Waals surface area contributed by atoms with Crippen LogP contribution in [0.4, 0.5) is 0 Å². The van der Waals surface area contributed by atoms with Crippen LogP contribution in [-0.4, -0.2) is 40.1 Å². The van der Waals surface area contributed by atoms with Crippen LogP contribution >= 0.6 is 11.8 Å². The summed E-state index contributed by atoms with van der Waals surface area (Å²) in [5, 5.41) is 12.5. The standard InChI is InChI=1S/C21H28N4O2S/c1-15(2)14-25-19(23-24-21(25)28-3)5-4-11-22-20(26)9-7-16-6-8-18-17(13-16)10-12-27-18/h6-9,13,15H,4-5,10-12,14H2,1-3H3,(H,22,26)/b9-7+. The zero-order valence-electron chi connectivity index (χ0n) is 16.8. The Morgan fingerprint density at radius 3 is 3.04 bits per heavy atom. The van der Waals surface area contributed by atoms with E-state index in [4.69, 9.17) is 4.74 Å². The summed E-state index contributed by atoms with van der Waals surface area (Å²) in [6.45, 7) is 6.65. The van der Waals surface area contributed by atoms with Crippen LogP contribution in [0.3, 0.4) is 0 Å². The molecule has 1 aromatic heterocycles. The van der Waals surface area contributed by atoms with Crippen molar-refractivity contribution in [3.05, 3.63) is 41.2 Å². The van der Waals surface area contributed by atoms with Crippen LogP contribution in [0.2, 0.25) is 0 Å². The summed E-state index contributed by atoms with van der Waals surface area (Å²) >= 11 is 1.62. The van der Waals surface area contributed by atoms with Crippen LogP contribution in [0.1, 0.15) is 37.2 Å². The minimum Gasteiger partial charge on any atom is -0.493 e. The number of aromatic nitrogens is 3. The summed E-state index contributed by atoms with van der Waals surface area (Å²) in [7, 11) is 0. The summed E-state index contributed by atoms with van der Waals surface area (Å²) in [4.78, 5) is 12.1. The second-order valence-electron chi connectivity index (χ2n) is 7.30. The zero-order valence-corrected chi connectivity index (χ0v) is 17.6. The van der Waals surface area contributed by atoms with Gasteiger partial charge in [-0.05, 0) is 47.9 Å². The number of carbonyl (C=O) groups excluding carboxylic acids is 1. The van der Waals surface area contributed by atoms with Gasteiger partial charge in [-0.2, -0.15) is 0 Å². The van der Waals surface area contributed by atoms with Gasteiger partial charge in [-0.15, -0.1) is 10.2 Å². The lowest BCUT2D eigenvalue weighted by molar-refractivity contribution is -0.116. The first-order valence-corrected chi connectivity index (χ1v) is 11.0. The van der Waals surface area contributed by atoms with Crippen molar-refractivity contribution in [3.8, 4) is 5.75 Å². The Morgan fingerprint density at radius 2 is 2.25 bits per heavy atom. The van der Waals surface area contributed by atoms with Gasteiger partial charge in [0.05, 0.1) is 6.61 Å². The van der Waals surface area contributed by atoms with E-state index in [1.54, 1.807) is 17.8 Å². The number of benzene rings is 1. The first-order chi connectivity index (χ1) is 13.6. The van der Waals surface area contributed by atoms with Crippen molar-refractivity contribution in [2.45, 2.75) is 44.8 Å². The average Bonchev–Trinajstić information content (AvgIpc) is 3.29. The molecule has 1 aliphatic heterocycles. The van der Waals surface area contributed by atoms with E-state index in [-0.39, 0.29) is 5.91 Å². The number of ether oxygens (including phenoxy) is 1. The Morgan fingerprint density at radius 1 is 1.39 bits per heavy atom. The Bertz CT molecular complexity index is 845. The molecule has 0 spiro atoms. The molecule has 28 heavy (non-hydrogen) atoms. The third kappa shape index (κ3) is 5.38. The number of fused-ring (bicyclic) bond motifs is 1. The molecule has 150 valence electrons. The lowest BCUT2D eigenvalue weighted by atomic mass is 10.1. The summed E-state index contributed by atoms with van der Waals surface area (Å²) in [6.07, 6.45) is 8.02. The van der Waals surface area contributed by atoms with E-state index in [9.17, 15) is 4.79 Å². The topological polar surface area (TPSA) is 69.0 Å². The second kappa shape index (κ2) is 9.78. The van der Waals surface area contributed by atoms with Crippen molar-refractivity contribution in [1.29, 1.82) is 0 Å². The fraction of sp³-hybridized carbons (Fsp3) is 0.476. The van der Waals surface area contributed by atoms with Gasteiger partial charge < -0.3 is 14.6 Å². The minimum atomic E-state index is -0.0785. The number of carbonyl (C=O) groups is 1. The van der Waals surface area contributed by atoms with Crippen molar-refractivity contribution < 1.29 is 9.53 Å². The van der Waals surface area contributed by atoms with Crippen molar-refractivity contribution in [1.82, 2.24) is 20.1 Å². The maximum Gasteiger partial charge on any atom is 0.243 e. The molecule has 2 aromatic rings. The monoisotopic (exact) mass is 400 g/mol. The third-order valence-electron chi connectivity index (χ3n) is 4.54. The molecular formula is C21H28N4O2S. The highest BCUT2D eigenvalue weighted by atomic mass is 32.2. The van der Waals surface area contributed by atoms with Gasteiger partial charge >= 0.3 is 0 Å². The minimum absolute atomic E-state index is 0.0785. The van der Waals surface area contributed by atoms with E-state index in [1.807, 2.05) is 24.5 Å². The van der Waals surface area contributed by atoms with Crippen LogP contribution in [0.5, 0.6) is 5.75 Å². The van der Waals surface area contributed by atoms with Crippen LogP contribution in [0.25, 0.3) is 6.08 Å². The predicted octanol–water partition coefficient (Wildman–Crippen LogP) is 3.35. The Labute approximate surface area is 170 Å².